The van der Waals surface area contributed by atoms with Crippen LogP contribution in [0.2, 0.25) is 0 Å². The molecule has 0 atom stereocenters. The zero-order chi connectivity index (χ0) is 18.2. The van der Waals surface area contributed by atoms with E-state index in [1.54, 1.807) is 12.4 Å². The van der Waals surface area contributed by atoms with Gasteiger partial charge in [-0.25, -0.2) is 4.99 Å². The van der Waals surface area contributed by atoms with Gasteiger partial charge in [-0.2, -0.15) is 10.2 Å². The summed E-state index contributed by atoms with van der Waals surface area (Å²) in [5.74, 6) is 0.797. The molecule has 0 saturated heterocycles. The fourth-order valence-corrected chi connectivity index (χ4v) is 2.67. The normalized spacial score (nSPS) is 11.5. The Kier molecular flexibility index (Phi) is 6.03. The van der Waals surface area contributed by atoms with E-state index in [2.05, 4.69) is 52.0 Å². The average Bonchev–Trinajstić information content (AvgIpc) is 3.29. The largest absolute Gasteiger partial charge is 0.357 e. The first kappa shape index (κ1) is 17.7. The van der Waals surface area contributed by atoms with Gasteiger partial charge in [-0.15, -0.1) is 0 Å². The summed E-state index contributed by atoms with van der Waals surface area (Å²) >= 11 is 0. The smallest absolute Gasteiger partial charge is 0.191 e. The Morgan fingerprint density at radius 2 is 1.96 bits per heavy atom. The van der Waals surface area contributed by atoms with Crippen molar-refractivity contribution in [2.75, 3.05) is 6.54 Å². The summed E-state index contributed by atoms with van der Waals surface area (Å²) in [6.07, 6.45) is 5.56. The van der Waals surface area contributed by atoms with Crippen molar-refractivity contribution in [2.24, 2.45) is 12.0 Å². The summed E-state index contributed by atoms with van der Waals surface area (Å²) in [6, 6.07) is 12.4. The van der Waals surface area contributed by atoms with Crippen LogP contribution in [0.5, 0.6) is 0 Å². The molecule has 0 amide bonds. The van der Waals surface area contributed by atoms with Crippen molar-refractivity contribution < 1.29 is 0 Å². The van der Waals surface area contributed by atoms with Crippen molar-refractivity contribution >= 4 is 5.96 Å². The minimum atomic E-state index is 0.619. The number of nitrogens with one attached hydrogen (secondary N) is 2. The van der Waals surface area contributed by atoms with E-state index in [9.17, 15) is 0 Å². The van der Waals surface area contributed by atoms with Crippen LogP contribution < -0.4 is 10.6 Å². The second-order valence-electron chi connectivity index (χ2n) is 6.02. The highest BCUT2D eigenvalue weighted by Crippen LogP contribution is 2.08. The third-order valence-electron chi connectivity index (χ3n) is 4.02. The lowest BCUT2D eigenvalue weighted by molar-refractivity contribution is 0.683. The molecule has 0 saturated carbocycles. The van der Waals surface area contributed by atoms with Crippen molar-refractivity contribution in [2.45, 2.75) is 26.6 Å². The molecule has 2 heterocycles. The number of aliphatic imine (C=N–C) groups is 1. The number of benzene rings is 1. The molecule has 2 aromatic heterocycles. The molecular formula is C19H25N7. The van der Waals surface area contributed by atoms with Gasteiger partial charge in [0.25, 0.3) is 0 Å². The Morgan fingerprint density at radius 3 is 2.69 bits per heavy atom. The van der Waals surface area contributed by atoms with Crippen LogP contribution in [0.1, 0.15) is 23.7 Å². The monoisotopic (exact) mass is 351 g/mol. The predicted octanol–water partition coefficient (Wildman–Crippen LogP) is 1.92. The molecule has 0 radical (unpaired) electrons. The second kappa shape index (κ2) is 8.84. The second-order valence-corrected chi connectivity index (χ2v) is 6.02. The SMILES string of the molecule is CCNC(=NCc1cccc(Cn2cccn2)c1)NCc1ccnn1C. The number of rotatable bonds is 7. The van der Waals surface area contributed by atoms with Crippen LogP contribution >= 0.6 is 0 Å². The van der Waals surface area contributed by atoms with Crippen LogP contribution in [-0.4, -0.2) is 32.1 Å². The first-order valence-electron chi connectivity index (χ1n) is 8.79. The highest BCUT2D eigenvalue weighted by molar-refractivity contribution is 5.79. The molecular weight excluding hydrogens is 326 g/mol. The molecule has 7 heteroatoms. The lowest BCUT2D eigenvalue weighted by atomic mass is 10.1. The van der Waals surface area contributed by atoms with Gasteiger partial charge in [0.1, 0.15) is 0 Å². The van der Waals surface area contributed by atoms with Crippen LogP contribution in [0.4, 0.5) is 0 Å². The van der Waals surface area contributed by atoms with Crippen molar-refractivity contribution in [1.29, 1.82) is 0 Å². The summed E-state index contributed by atoms with van der Waals surface area (Å²) in [5.41, 5.74) is 3.50. The van der Waals surface area contributed by atoms with E-state index >= 15 is 0 Å². The molecule has 0 spiro atoms. The predicted molar refractivity (Wildman–Crippen MR) is 103 cm³/mol. The van der Waals surface area contributed by atoms with Crippen molar-refractivity contribution in [3.8, 4) is 0 Å². The average molecular weight is 351 g/mol. The zero-order valence-corrected chi connectivity index (χ0v) is 15.3. The number of aromatic nitrogens is 4. The summed E-state index contributed by atoms with van der Waals surface area (Å²) in [5, 5.41) is 15.1. The Hall–Kier alpha value is -3.09. The maximum Gasteiger partial charge on any atom is 0.191 e. The van der Waals surface area contributed by atoms with Gasteiger partial charge >= 0.3 is 0 Å². The lowest BCUT2D eigenvalue weighted by Gasteiger charge is -2.11. The summed E-state index contributed by atoms with van der Waals surface area (Å²) in [6.45, 7) is 4.95. The Bertz CT molecular complexity index is 833. The lowest BCUT2D eigenvalue weighted by Crippen LogP contribution is -2.37. The van der Waals surface area contributed by atoms with Crippen molar-refractivity contribution in [3.05, 3.63) is 71.8 Å². The molecule has 7 nitrogen and oxygen atoms in total. The topological polar surface area (TPSA) is 72.1 Å². The van der Waals surface area contributed by atoms with Crippen LogP contribution in [-0.2, 0) is 26.7 Å². The van der Waals surface area contributed by atoms with Crippen LogP contribution in [0, 0.1) is 0 Å². The number of hydrogen-bond donors (Lipinski definition) is 2. The molecule has 0 aliphatic rings. The van der Waals surface area contributed by atoms with Gasteiger partial charge in [0.2, 0.25) is 0 Å². The fourth-order valence-electron chi connectivity index (χ4n) is 2.67. The van der Waals surface area contributed by atoms with E-state index in [-0.39, 0.29) is 0 Å². The quantitative estimate of drug-likeness (QED) is 0.504. The molecule has 0 unspecified atom stereocenters. The highest BCUT2D eigenvalue weighted by atomic mass is 15.3. The first-order chi connectivity index (χ1) is 12.7. The number of guanidine groups is 1. The maximum atomic E-state index is 4.69. The Balaban J connectivity index is 1.62. The van der Waals surface area contributed by atoms with E-state index in [4.69, 9.17) is 4.99 Å². The number of aryl methyl sites for hydroxylation is 1. The Morgan fingerprint density at radius 1 is 1.08 bits per heavy atom. The van der Waals surface area contributed by atoms with Gasteiger partial charge in [-0.1, -0.05) is 24.3 Å². The molecule has 1 aromatic carbocycles. The molecule has 3 aromatic rings. The van der Waals surface area contributed by atoms with Gasteiger partial charge < -0.3 is 10.6 Å². The standard InChI is InChI=1S/C19H25N7/c1-3-20-19(22-14-18-8-10-23-25(18)2)21-13-16-6-4-7-17(12-16)15-26-11-5-9-24-26/h4-12H,3,13-15H2,1-2H3,(H2,20,21,22). The van der Waals surface area contributed by atoms with E-state index in [0.717, 1.165) is 24.7 Å². The van der Waals surface area contributed by atoms with Gasteiger partial charge in [0.05, 0.1) is 25.3 Å². The van der Waals surface area contributed by atoms with Crippen LogP contribution in [0.15, 0.2) is 60.0 Å². The van der Waals surface area contributed by atoms with Gasteiger partial charge in [-0.3, -0.25) is 9.36 Å². The molecule has 3 rings (SSSR count). The van der Waals surface area contributed by atoms with Crippen LogP contribution in [0.3, 0.4) is 0 Å². The van der Waals surface area contributed by atoms with Crippen molar-refractivity contribution in [1.82, 2.24) is 30.2 Å². The first-order valence-corrected chi connectivity index (χ1v) is 8.79. The molecule has 0 aliphatic carbocycles. The van der Waals surface area contributed by atoms with Gasteiger partial charge in [-0.05, 0) is 30.2 Å². The summed E-state index contributed by atoms with van der Waals surface area (Å²) in [4.78, 5) is 4.69. The fraction of sp³-hybridized carbons (Fsp3) is 0.316. The number of nitrogens with zero attached hydrogens (tertiary/aromatic N) is 5. The molecule has 2 N–H and O–H groups in total. The Labute approximate surface area is 153 Å². The maximum absolute atomic E-state index is 4.69. The van der Waals surface area contributed by atoms with E-state index in [1.165, 1.54) is 11.1 Å². The van der Waals surface area contributed by atoms with E-state index < -0.39 is 0 Å². The summed E-state index contributed by atoms with van der Waals surface area (Å²) < 4.78 is 3.78. The third-order valence-corrected chi connectivity index (χ3v) is 4.02. The van der Waals surface area contributed by atoms with E-state index in [0.29, 0.717) is 13.1 Å². The van der Waals surface area contributed by atoms with E-state index in [1.807, 2.05) is 34.7 Å². The number of hydrogen-bond acceptors (Lipinski definition) is 3. The molecule has 136 valence electrons. The molecule has 0 aliphatic heterocycles. The zero-order valence-electron chi connectivity index (χ0n) is 15.3. The van der Waals surface area contributed by atoms with Crippen molar-refractivity contribution in [3.63, 3.8) is 0 Å². The van der Waals surface area contributed by atoms with Gasteiger partial charge in [0.15, 0.2) is 5.96 Å². The molecule has 0 fully saturated rings. The summed E-state index contributed by atoms with van der Waals surface area (Å²) in [7, 11) is 1.94. The highest BCUT2D eigenvalue weighted by Gasteiger charge is 2.02. The minimum Gasteiger partial charge on any atom is -0.357 e. The molecule has 0 bridgehead atoms. The molecule has 26 heavy (non-hydrogen) atoms. The van der Waals surface area contributed by atoms with Gasteiger partial charge in [0, 0.05) is 32.2 Å². The third kappa shape index (κ3) is 4.95. The van der Waals surface area contributed by atoms with Crippen LogP contribution in [0.25, 0.3) is 0 Å². The minimum absolute atomic E-state index is 0.619.